The third kappa shape index (κ3) is 4.81. The molecule has 0 saturated carbocycles. The summed E-state index contributed by atoms with van der Waals surface area (Å²) in [6.07, 6.45) is 0.740. The molecule has 0 radical (unpaired) electrons. The number of aliphatic hydroxyl groups excluding tert-OH is 2. The molecule has 2 unspecified atom stereocenters. The van der Waals surface area contributed by atoms with Crippen LogP contribution >= 0.6 is 11.8 Å². The highest BCUT2D eigenvalue weighted by atomic mass is 32.2. The largest absolute Gasteiger partial charge is 0.465 e. The van der Waals surface area contributed by atoms with E-state index in [9.17, 15) is 15.0 Å². The highest BCUT2D eigenvalue weighted by Crippen LogP contribution is 2.34. The zero-order chi connectivity index (χ0) is 21.0. The first-order chi connectivity index (χ1) is 13.9. The molecule has 160 valence electrons. The lowest BCUT2D eigenvalue weighted by atomic mass is 10.1. The molecular weight excluding hydrogens is 398 g/mol. The van der Waals surface area contributed by atoms with Crippen molar-refractivity contribution in [3.63, 3.8) is 0 Å². The predicted molar refractivity (Wildman–Crippen MR) is 109 cm³/mol. The lowest BCUT2D eigenvalue weighted by Gasteiger charge is -2.17. The van der Waals surface area contributed by atoms with Crippen LogP contribution in [0, 0.1) is 0 Å². The minimum Gasteiger partial charge on any atom is -0.465 e. The van der Waals surface area contributed by atoms with Crippen LogP contribution in [0.15, 0.2) is 18.6 Å². The topological polar surface area (TPSA) is 159 Å². The van der Waals surface area contributed by atoms with Gasteiger partial charge < -0.3 is 35.7 Å². The molecule has 29 heavy (non-hydrogen) atoms. The van der Waals surface area contributed by atoms with E-state index < -0.39 is 36.6 Å². The fraction of sp³-hybridized carbons (Fsp3) is 0.611. The van der Waals surface area contributed by atoms with Crippen LogP contribution in [0.4, 0.5) is 5.82 Å². The van der Waals surface area contributed by atoms with Gasteiger partial charge in [0.05, 0.1) is 18.1 Å². The third-order valence-corrected chi connectivity index (χ3v) is 5.85. The van der Waals surface area contributed by atoms with Crippen LogP contribution in [0.2, 0.25) is 0 Å². The van der Waals surface area contributed by atoms with Crippen molar-refractivity contribution >= 4 is 34.6 Å². The van der Waals surface area contributed by atoms with Crippen LogP contribution in [0.3, 0.4) is 0 Å². The molecule has 3 heterocycles. The smallest absolute Gasteiger partial charge is 0.322 e. The Balaban J connectivity index is 1.53. The molecule has 0 aliphatic carbocycles. The Bertz CT molecular complexity index is 834. The molecule has 11 heteroatoms. The molecular formula is C18H27N5O5S. The number of fused-ring (bicyclic) bond motifs is 1. The molecule has 3 rings (SSSR count). The monoisotopic (exact) mass is 425 g/mol. The molecule has 6 N–H and O–H groups in total. The van der Waals surface area contributed by atoms with Gasteiger partial charge in [-0.15, -0.1) is 0 Å². The normalized spacial score (nSPS) is 25.4. The van der Waals surface area contributed by atoms with E-state index in [1.54, 1.807) is 16.8 Å². The van der Waals surface area contributed by atoms with Crippen LogP contribution in [0.25, 0.3) is 11.0 Å². The van der Waals surface area contributed by atoms with Crippen molar-refractivity contribution in [3.05, 3.63) is 18.6 Å². The number of nitrogen functional groups attached to an aromatic ring is 1. The number of hydrogen-bond donors (Lipinski definition) is 4. The maximum absolute atomic E-state index is 11.7. The molecule has 0 amide bonds. The minimum absolute atomic E-state index is 0.336. The Morgan fingerprint density at radius 3 is 2.97 bits per heavy atom. The summed E-state index contributed by atoms with van der Waals surface area (Å²) in [5.74, 6) is 0.983. The number of hydrogen-bond acceptors (Lipinski definition) is 10. The molecule has 10 nitrogen and oxygen atoms in total. The lowest BCUT2D eigenvalue weighted by Crippen LogP contribution is -2.34. The summed E-state index contributed by atoms with van der Waals surface area (Å²) in [5.41, 5.74) is 12.2. The van der Waals surface area contributed by atoms with Crippen molar-refractivity contribution in [2.45, 2.75) is 50.3 Å². The van der Waals surface area contributed by atoms with Gasteiger partial charge in [0.25, 0.3) is 0 Å². The van der Waals surface area contributed by atoms with Gasteiger partial charge in [0, 0.05) is 11.9 Å². The number of rotatable bonds is 9. The average Bonchev–Trinajstić information content (AvgIpc) is 3.26. The zero-order valence-electron chi connectivity index (χ0n) is 16.2. The lowest BCUT2D eigenvalue weighted by molar-refractivity contribution is -0.145. The Morgan fingerprint density at radius 1 is 1.41 bits per heavy atom. The quantitative estimate of drug-likeness (QED) is 0.319. The van der Waals surface area contributed by atoms with Gasteiger partial charge in [-0.25, -0.2) is 9.97 Å². The Labute approximate surface area is 172 Å². The van der Waals surface area contributed by atoms with Gasteiger partial charge in [0.2, 0.25) is 0 Å². The van der Waals surface area contributed by atoms with E-state index in [2.05, 4.69) is 9.97 Å². The first-order valence-electron chi connectivity index (χ1n) is 9.52. The van der Waals surface area contributed by atoms with Crippen LogP contribution in [0.5, 0.6) is 0 Å². The summed E-state index contributed by atoms with van der Waals surface area (Å²) in [7, 11) is 0. The van der Waals surface area contributed by atoms with Crippen molar-refractivity contribution in [2.24, 2.45) is 5.73 Å². The van der Waals surface area contributed by atoms with Crippen molar-refractivity contribution in [3.8, 4) is 0 Å². The molecule has 2 aromatic rings. The maximum Gasteiger partial charge on any atom is 0.322 e. The summed E-state index contributed by atoms with van der Waals surface area (Å²) in [6, 6.07) is 1.08. The van der Waals surface area contributed by atoms with Gasteiger partial charge in [0.15, 0.2) is 6.23 Å². The molecule has 1 aliphatic rings. The number of aromatic nitrogens is 3. The van der Waals surface area contributed by atoms with Crippen molar-refractivity contribution < 1.29 is 24.5 Å². The highest BCUT2D eigenvalue weighted by Gasteiger charge is 2.43. The molecule has 2 aromatic heterocycles. The van der Waals surface area contributed by atoms with Crippen LogP contribution in [-0.2, 0) is 14.3 Å². The molecule has 1 fully saturated rings. The average molecular weight is 426 g/mol. The predicted octanol–water partition coefficient (Wildman–Crippen LogP) is 0.0365. The summed E-state index contributed by atoms with van der Waals surface area (Å²) in [5, 5.41) is 21.5. The van der Waals surface area contributed by atoms with E-state index in [1.165, 1.54) is 18.1 Å². The number of aliphatic hydroxyl groups is 2. The summed E-state index contributed by atoms with van der Waals surface area (Å²) in [6.45, 7) is 2.29. The van der Waals surface area contributed by atoms with Gasteiger partial charge in [0.1, 0.15) is 36.0 Å². The Hall–Kier alpha value is -1.92. The van der Waals surface area contributed by atoms with Gasteiger partial charge >= 0.3 is 5.97 Å². The second-order valence-electron chi connectivity index (χ2n) is 6.90. The van der Waals surface area contributed by atoms with Crippen LogP contribution in [-0.4, -0.2) is 73.2 Å². The SMILES string of the molecule is CCCOC(=O)C(N)CCSC[C@H]1OC(n2ccc3c(N)ncnc32)[C@H](O)[C@@H]1O. The maximum atomic E-state index is 11.7. The molecule has 1 aliphatic heterocycles. The number of nitrogens with zero attached hydrogens (tertiary/aromatic N) is 3. The van der Waals surface area contributed by atoms with Crippen molar-refractivity contribution in [1.29, 1.82) is 0 Å². The fourth-order valence-electron chi connectivity index (χ4n) is 3.13. The summed E-state index contributed by atoms with van der Waals surface area (Å²) in [4.78, 5) is 19.8. The summed E-state index contributed by atoms with van der Waals surface area (Å²) < 4.78 is 12.6. The van der Waals surface area contributed by atoms with Gasteiger partial charge in [-0.05, 0) is 24.7 Å². The van der Waals surface area contributed by atoms with E-state index in [4.69, 9.17) is 20.9 Å². The van der Waals surface area contributed by atoms with E-state index >= 15 is 0 Å². The van der Waals surface area contributed by atoms with Crippen molar-refractivity contribution in [1.82, 2.24) is 14.5 Å². The second kappa shape index (κ2) is 9.72. The van der Waals surface area contributed by atoms with E-state index in [0.717, 1.165) is 6.42 Å². The Kier molecular flexibility index (Phi) is 7.30. The third-order valence-electron chi connectivity index (χ3n) is 4.76. The van der Waals surface area contributed by atoms with Crippen molar-refractivity contribution in [2.75, 3.05) is 23.8 Å². The number of carbonyl (C=O) groups excluding carboxylic acids is 1. The zero-order valence-corrected chi connectivity index (χ0v) is 17.0. The Morgan fingerprint density at radius 2 is 2.21 bits per heavy atom. The number of anilines is 1. The molecule has 0 bridgehead atoms. The number of carbonyl (C=O) groups is 1. The first-order valence-corrected chi connectivity index (χ1v) is 10.7. The van der Waals surface area contributed by atoms with E-state index in [-0.39, 0.29) is 0 Å². The fourth-order valence-corrected chi connectivity index (χ4v) is 4.23. The first kappa shape index (κ1) is 21.8. The van der Waals surface area contributed by atoms with Gasteiger partial charge in [-0.3, -0.25) is 4.79 Å². The standard InChI is InChI=1S/C18H27N5O5S/c1-2-6-27-18(26)11(19)4-7-29-8-12-13(24)14(25)17(28-12)23-5-3-10-15(20)21-9-22-16(10)23/h3,5,9,11-14,17,24-25H,2,4,6-8,19H2,1H3,(H2,20,21,22)/t11?,12-,13-,14-,17?/m1/s1. The molecule has 1 saturated heterocycles. The van der Waals surface area contributed by atoms with Crippen LogP contribution in [0.1, 0.15) is 26.0 Å². The van der Waals surface area contributed by atoms with E-state index in [0.29, 0.717) is 41.4 Å². The highest BCUT2D eigenvalue weighted by molar-refractivity contribution is 7.99. The second-order valence-corrected chi connectivity index (χ2v) is 8.05. The number of esters is 1. The van der Waals surface area contributed by atoms with Gasteiger partial charge in [-0.2, -0.15) is 11.8 Å². The molecule has 0 aromatic carbocycles. The molecule has 5 atom stereocenters. The van der Waals surface area contributed by atoms with Gasteiger partial charge in [-0.1, -0.05) is 6.92 Å². The number of nitrogens with two attached hydrogens (primary N) is 2. The number of ether oxygens (including phenoxy) is 2. The van der Waals surface area contributed by atoms with Crippen LogP contribution < -0.4 is 11.5 Å². The number of thioether (sulfide) groups is 1. The van der Waals surface area contributed by atoms with E-state index in [1.807, 2.05) is 6.92 Å². The minimum atomic E-state index is -1.11. The summed E-state index contributed by atoms with van der Waals surface area (Å²) >= 11 is 1.49. The molecule has 0 spiro atoms.